The molecule has 17 heavy (non-hydrogen) atoms. The van der Waals surface area contributed by atoms with Gasteiger partial charge in [-0.3, -0.25) is 0 Å². The van der Waals surface area contributed by atoms with Crippen molar-refractivity contribution in [3.63, 3.8) is 0 Å². The maximum Gasteiger partial charge on any atom is 1.00 e. The third kappa shape index (κ3) is 3.98. The largest absolute Gasteiger partial charge is 1.00 e. The fourth-order valence-corrected chi connectivity index (χ4v) is 1.94. The molecule has 0 radical (unpaired) electrons. The van der Waals surface area contributed by atoms with Crippen LogP contribution in [0.1, 0.15) is 0 Å². The molecule has 1 aromatic heterocycles. The summed E-state index contributed by atoms with van der Waals surface area (Å²) in [5.74, 6) is 0. The summed E-state index contributed by atoms with van der Waals surface area (Å²) in [6.07, 6.45) is 0. The van der Waals surface area contributed by atoms with Gasteiger partial charge in [0.2, 0.25) is 5.13 Å². The van der Waals surface area contributed by atoms with E-state index in [0.29, 0.717) is 10.8 Å². The second-order valence-electron chi connectivity index (χ2n) is 2.77. The van der Waals surface area contributed by atoms with Gasteiger partial charge in [-0.2, -0.15) is 0 Å². The monoisotopic (exact) mass is 280 g/mol. The van der Waals surface area contributed by atoms with E-state index in [1.807, 2.05) is 0 Å². The first-order chi connectivity index (χ1) is 7.55. The number of benzene rings is 1. The second kappa shape index (κ2) is 5.85. The molecule has 1 N–H and O–H groups in total. The van der Waals surface area contributed by atoms with Crippen LogP contribution in [0.4, 0.5) is 10.8 Å². The van der Waals surface area contributed by atoms with Gasteiger partial charge in [0.15, 0.2) is 0 Å². The van der Waals surface area contributed by atoms with Gasteiger partial charge in [-0.1, -0.05) is 15.7 Å². The summed E-state index contributed by atoms with van der Waals surface area (Å²) in [6, 6.07) is 5.52. The predicted octanol–water partition coefficient (Wildman–Crippen LogP) is -2.42. The molecule has 0 bridgehead atoms. The molecule has 10 heteroatoms. The van der Waals surface area contributed by atoms with Gasteiger partial charge in [0.1, 0.15) is 10.1 Å². The molecule has 7 nitrogen and oxygen atoms in total. The van der Waals surface area contributed by atoms with E-state index in [-0.39, 0.29) is 34.5 Å². The molecule has 84 valence electrons. The molecule has 1 aromatic carbocycles. The molecular weight excluding hydrogens is 275 g/mol. The van der Waals surface area contributed by atoms with Crippen LogP contribution < -0.4 is 34.9 Å². The van der Waals surface area contributed by atoms with E-state index >= 15 is 0 Å². The van der Waals surface area contributed by atoms with Gasteiger partial charge < -0.3 is 9.87 Å². The van der Waals surface area contributed by atoms with Crippen molar-refractivity contribution in [1.29, 1.82) is 0 Å². The van der Waals surface area contributed by atoms with Crippen molar-refractivity contribution in [3.05, 3.63) is 24.3 Å². The van der Waals surface area contributed by atoms with Gasteiger partial charge in [0.05, 0.1) is 4.90 Å². The average Bonchev–Trinajstić information content (AvgIpc) is 2.70. The Morgan fingerprint density at radius 3 is 2.71 bits per heavy atom. The minimum absolute atomic E-state index is 0. The zero-order valence-corrected chi connectivity index (χ0v) is 12.3. The van der Waals surface area contributed by atoms with Gasteiger partial charge in [-0.15, -0.1) is 0 Å². The van der Waals surface area contributed by atoms with Crippen molar-refractivity contribution >= 4 is 32.5 Å². The molecule has 2 rings (SSSR count). The number of hydrogen-bond donors (Lipinski definition) is 1. The average molecular weight is 280 g/mol. The van der Waals surface area contributed by atoms with E-state index in [1.165, 1.54) is 18.2 Å². The second-order valence-corrected chi connectivity index (χ2v) is 4.89. The van der Waals surface area contributed by atoms with E-state index in [0.717, 1.165) is 11.5 Å². The smallest absolute Gasteiger partial charge is 0.744 e. The van der Waals surface area contributed by atoms with E-state index in [4.69, 9.17) is 0 Å². The zero-order valence-electron chi connectivity index (χ0n) is 8.69. The van der Waals surface area contributed by atoms with E-state index in [1.54, 1.807) is 6.07 Å². The van der Waals surface area contributed by atoms with Crippen LogP contribution >= 0.6 is 11.5 Å². The van der Waals surface area contributed by atoms with Gasteiger partial charge >= 0.3 is 29.6 Å². The van der Waals surface area contributed by atoms with E-state index in [2.05, 4.69) is 20.1 Å². The molecule has 0 aliphatic rings. The van der Waals surface area contributed by atoms with Crippen molar-refractivity contribution in [1.82, 2.24) is 14.8 Å². The molecule has 1 heterocycles. The Morgan fingerprint density at radius 1 is 1.35 bits per heavy atom. The summed E-state index contributed by atoms with van der Waals surface area (Å²) < 4.78 is 35.8. The van der Waals surface area contributed by atoms with Crippen LogP contribution in [-0.4, -0.2) is 27.8 Å². The standard InChI is InChI=1S/C7H6N4O3S2.Na/c12-16(13,14)6-3-1-2-5(4-6)8-7-9-10-11-15-7;/h1-4H,(H,8,9,11)(H,12,13,14);/q;+1/p-1. The summed E-state index contributed by atoms with van der Waals surface area (Å²) >= 11 is 1.02. The van der Waals surface area contributed by atoms with Crippen LogP contribution in [0, 0.1) is 0 Å². The molecule has 0 amide bonds. The van der Waals surface area contributed by atoms with Crippen molar-refractivity contribution in [2.24, 2.45) is 0 Å². The summed E-state index contributed by atoms with van der Waals surface area (Å²) in [7, 11) is -4.44. The Morgan fingerprint density at radius 2 is 2.12 bits per heavy atom. The van der Waals surface area contributed by atoms with Crippen LogP contribution in [-0.2, 0) is 10.1 Å². The van der Waals surface area contributed by atoms with Crippen LogP contribution in [0.15, 0.2) is 29.2 Å². The normalized spacial score (nSPS) is 10.6. The summed E-state index contributed by atoms with van der Waals surface area (Å²) in [5, 5.41) is 10.2. The van der Waals surface area contributed by atoms with Crippen LogP contribution in [0.3, 0.4) is 0 Å². The quantitative estimate of drug-likeness (QED) is 0.492. The number of hydrogen-bond acceptors (Lipinski definition) is 8. The van der Waals surface area contributed by atoms with Gasteiger partial charge in [-0.05, 0) is 23.4 Å². The third-order valence-corrected chi connectivity index (χ3v) is 3.02. The molecule has 0 atom stereocenters. The topological polar surface area (TPSA) is 108 Å². The predicted molar refractivity (Wildman–Crippen MR) is 55.4 cm³/mol. The number of rotatable bonds is 3. The molecule has 0 saturated carbocycles. The SMILES string of the molecule is O=S(=O)([O-])c1cccc(Nc2nnns2)c1.[Na+]. The van der Waals surface area contributed by atoms with Crippen molar-refractivity contribution in [3.8, 4) is 0 Å². The Labute approximate surface area is 123 Å². The first kappa shape index (κ1) is 14.5. The van der Waals surface area contributed by atoms with E-state index in [9.17, 15) is 13.0 Å². The van der Waals surface area contributed by atoms with Gasteiger partial charge in [0, 0.05) is 17.2 Å². The molecular formula is C7H5N4NaO3S2. The van der Waals surface area contributed by atoms with Crippen molar-refractivity contribution in [2.75, 3.05) is 5.32 Å². The van der Waals surface area contributed by atoms with Crippen LogP contribution in [0.5, 0.6) is 0 Å². The molecule has 0 spiro atoms. The molecule has 0 aliphatic heterocycles. The minimum Gasteiger partial charge on any atom is -0.744 e. The minimum atomic E-state index is -4.44. The molecule has 0 fully saturated rings. The summed E-state index contributed by atoms with van der Waals surface area (Å²) in [5.41, 5.74) is 0.440. The zero-order chi connectivity index (χ0) is 11.6. The maximum absolute atomic E-state index is 10.8. The molecule has 2 aromatic rings. The van der Waals surface area contributed by atoms with Gasteiger partial charge in [0.25, 0.3) is 0 Å². The molecule has 0 unspecified atom stereocenters. The Hall–Kier alpha value is -0.580. The number of aromatic nitrogens is 3. The van der Waals surface area contributed by atoms with Crippen LogP contribution in [0.25, 0.3) is 0 Å². The Balaban J connectivity index is 0.00000144. The van der Waals surface area contributed by atoms with Crippen molar-refractivity contribution < 1.29 is 42.5 Å². The maximum atomic E-state index is 10.8. The van der Waals surface area contributed by atoms with Crippen molar-refractivity contribution in [2.45, 2.75) is 4.90 Å². The van der Waals surface area contributed by atoms with Crippen LogP contribution in [0.2, 0.25) is 0 Å². The third-order valence-electron chi connectivity index (χ3n) is 1.67. The fraction of sp³-hybridized carbons (Fsp3) is 0. The van der Waals surface area contributed by atoms with E-state index < -0.39 is 10.1 Å². The van der Waals surface area contributed by atoms with Gasteiger partial charge in [-0.25, -0.2) is 8.42 Å². The fourth-order valence-electron chi connectivity index (χ4n) is 1.03. The number of anilines is 2. The Kier molecular flexibility index (Phi) is 4.98. The first-order valence-corrected chi connectivity index (χ1v) is 6.22. The summed E-state index contributed by atoms with van der Waals surface area (Å²) in [6.45, 7) is 0. The number of nitrogens with one attached hydrogen (secondary N) is 1. The summed E-state index contributed by atoms with van der Waals surface area (Å²) in [4.78, 5) is -0.296. The number of nitrogens with zero attached hydrogens (tertiary/aromatic N) is 3. The first-order valence-electron chi connectivity index (χ1n) is 4.04. The molecule has 0 aliphatic carbocycles. The molecule has 0 saturated heterocycles. The Bertz CT molecular complexity index is 587.